The highest BCUT2D eigenvalue weighted by molar-refractivity contribution is 5.20. The van der Waals surface area contributed by atoms with E-state index in [2.05, 4.69) is 26.8 Å². The molecule has 0 aromatic carbocycles. The van der Waals surface area contributed by atoms with Crippen molar-refractivity contribution in [3.63, 3.8) is 0 Å². The predicted molar refractivity (Wildman–Crippen MR) is 54.6 cm³/mol. The predicted octanol–water partition coefficient (Wildman–Crippen LogP) is 2.74. The molecule has 0 spiro atoms. The number of ether oxygens (including phenoxy) is 1. The van der Waals surface area contributed by atoms with Gasteiger partial charge in [-0.1, -0.05) is 27.2 Å². The van der Waals surface area contributed by atoms with Crippen molar-refractivity contribution in [2.24, 2.45) is 16.2 Å². The third-order valence-electron chi connectivity index (χ3n) is 4.47. The Labute approximate surface area is 86.2 Å². The van der Waals surface area contributed by atoms with Gasteiger partial charge in [0.1, 0.15) is 0 Å². The maximum Gasteiger partial charge on any atom is 0.0697 e. The molecule has 2 nitrogen and oxygen atoms in total. The summed E-state index contributed by atoms with van der Waals surface area (Å²) in [5, 5.41) is 9.39. The van der Waals surface area contributed by atoms with E-state index in [-0.39, 0.29) is 16.2 Å². The minimum Gasteiger partial charge on any atom is -0.380 e. The van der Waals surface area contributed by atoms with Crippen LogP contribution < -0.4 is 0 Å². The molecule has 2 rings (SSSR count). The SMILES string of the molecule is CC(C)(C)C1(C2(C#N)CCC2)COC1. The van der Waals surface area contributed by atoms with Crippen LogP contribution in [0.15, 0.2) is 0 Å². The van der Waals surface area contributed by atoms with Crippen LogP contribution in [0.4, 0.5) is 0 Å². The van der Waals surface area contributed by atoms with Gasteiger partial charge in [0.2, 0.25) is 0 Å². The lowest BCUT2D eigenvalue weighted by molar-refractivity contribution is -0.241. The fourth-order valence-corrected chi connectivity index (χ4v) is 2.96. The highest BCUT2D eigenvalue weighted by atomic mass is 16.5. The lowest BCUT2D eigenvalue weighted by Gasteiger charge is -2.62. The minimum absolute atomic E-state index is 0.0799. The van der Waals surface area contributed by atoms with Gasteiger partial charge in [-0.3, -0.25) is 0 Å². The number of hydrogen-bond donors (Lipinski definition) is 0. The molecule has 2 heteroatoms. The number of rotatable bonds is 1. The zero-order chi connectivity index (χ0) is 10.4. The van der Waals surface area contributed by atoms with Gasteiger partial charge < -0.3 is 4.74 Å². The zero-order valence-corrected chi connectivity index (χ0v) is 9.39. The highest BCUT2D eigenvalue weighted by Gasteiger charge is 2.64. The summed E-state index contributed by atoms with van der Waals surface area (Å²) >= 11 is 0. The van der Waals surface area contributed by atoms with Crippen LogP contribution in [-0.4, -0.2) is 13.2 Å². The first-order chi connectivity index (χ1) is 6.47. The Morgan fingerprint density at radius 3 is 1.86 bits per heavy atom. The average molecular weight is 193 g/mol. The molecule has 1 aliphatic carbocycles. The molecule has 0 aromatic rings. The third-order valence-corrected chi connectivity index (χ3v) is 4.47. The van der Waals surface area contributed by atoms with E-state index in [1.807, 2.05) is 0 Å². The van der Waals surface area contributed by atoms with Gasteiger partial charge in [-0.2, -0.15) is 5.26 Å². The van der Waals surface area contributed by atoms with E-state index in [0.717, 1.165) is 26.1 Å². The van der Waals surface area contributed by atoms with Crippen LogP contribution in [0.25, 0.3) is 0 Å². The van der Waals surface area contributed by atoms with Crippen molar-refractivity contribution in [1.82, 2.24) is 0 Å². The molecule has 14 heavy (non-hydrogen) atoms. The van der Waals surface area contributed by atoms with Gasteiger partial charge in [-0.15, -0.1) is 0 Å². The zero-order valence-electron chi connectivity index (χ0n) is 9.39. The maximum absolute atomic E-state index is 9.39. The van der Waals surface area contributed by atoms with Gasteiger partial charge in [0, 0.05) is 5.41 Å². The van der Waals surface area contributed by atoms with Crippen molar-refractivity contribution in [1.29, 1.82) is 5.26 Å². The molecule has 2 fully saturated rings. The Kier molecular flexibility index (Phi) is 1.95. The Balaban J connectivity index is 2.33. The van der Waals surface area contributed by atoms with Crippen LogP contribution in [0.5, 0.6) is 0 Å². The van der Waals surface area contributed by atoms with Crippen LogP contribution in [0, 0.1) is 27.6 Å². The quantitative estimate of drug-likeness (QED) is 0.641. The molecular formula is C12H19NO. The lowest BCUT2D eigenvalue weighted by Crippen LogP contribution is -2.64. The second-order valence-electron chi connectivity index (χ2n) is 5.87. The van der Waals surface area contributed by atoms with Gasteiger partial charge in [-0.05, 0) is 18.3 Å². The summed E-state index contributed by atoms with van der Waals surface area (Å²) in [6.07, 6.45) is 3.36. The Morgan fingerprint density at radius 1 is 1.21 bits per heavy atom. The molecule has 78 valence electrons. The molecule has 0 radical (unpaired) electrons. The summed E-state index contributed by atoms with van der Waals surface area (Å²) in [6.45, 7) is 8.29. The number of hydrogen-bond acceptors (Lipinski definition) is 2. The van der Waals surface area contributed by atoms with Crippen molar-refractivity contribution in [2.45, 2.75) is 40.0 Å². The van der Waals surface area contributed by atoms with Crippen molar-refractivity contribution in [3.8, 4) is 6.07 Å². The Bertz CT molecular complexity index is 274. The Hall–Kier alpha value is -0.550. The summed E-state index contributed by atoms with van der Waals surface area (Å²) in [6, 6.07) is 2.58. The summed E-state index contributed by atoms with van der Waals surface area (Å²) < 4.78 is 5.40. The third kappa shape index (κ3) is 0.941. The highest BCUT2D eigenvalue weighted by Crippen LogP contribution is 2.64. The monoisotopic (exact) mass is 193 g/mol. The van der Waals surface area contributed by atoms with E-state index in [1.165, 1.54) is 6.42 Å². The smallest absolute Gasteiger partial charge is 0.0697 e. The number of nitrogens with zero attached hydrogens (tertiary/aromatic N) is 1. The first-order valence-electron chi connectivity index (χ1n) is 5.47. The van der Waals surface area contributed by atoms with E-state index < -0.39 is 0 Å². The molecule has 1 saturated carbocycles. The molecule has 0 atom stereocenters. The van der Waals surface area contributed by atoms with Crippen LogP contribution in [0.3, 0.4) is 0 Å². The first kappa shape index (κ1) is 9.98. The average Bonchev–Trinajstić information content (AvgIpc) is 1.89. The van der Waals surface area contributed by atoms with Crippen molar-refractivity contribution >= 4 is 0 Å². The van der Waals surface area contributed by atoms with Gasteiger partial charge >= 0.3 is 0 Å². The number of nitriles is 1. The normalized spacial score (nSPS) is 28.4. The van der Waals surface area contributed by atoms with E-state index in [9.17, 15) is 5.26 Å². The lowest BCUT2D eigenvalue weighted by atomic mass is 9.45. The minimum atomic E-state index is -0.0799. The second kappa shape index (κ2) is 2.73. The summed E-state index contributed by atoms with van der Waals surface area (Å²) in [5.41, 5.74) is 0.220. The maximum atomic E-state index is 9.39. The molecular weight excluding hydrogens is 174 g/mol. The molecule has 1 aliphatic heterocycles. The molecule has 1 saturated heterocycles. The van der Waals surface area contributed by atoms with Crippen LogP contribution in [0.2, 0.25) is 0 Å². The molecule has 0 unspecified atom stereocenters. The molecule has 0 amide bonds. The summed E-state index contributed by atoms with van der Waals surface area (Å²) in [5.74, 6) is 0. The van der Waals surface area contributed by atoms with E-state index in [1.54, 1.807) is 0 Å². The van der Waals surface area contributed by atoms with E-state index >= 15 is 0 Å². The summed E-state index contributed by atoms with van der Waals surface area (Å²) in [4.78, 5) is 0. The fourth-order valence-electron chi connectivity index (χ4n) is 2.96. The van der Waals surface area contributed by atoms with Crippen molar-refractivity contribution in [3.05, 3.63) is 0 Å². The van der Waals surface area contributed by atoms with Crippen molar-refractivity contribution in [2.75, 3.05) is 13.2 Å². The topological polar surface area (TPSA) is 33.0 Å². The van der Waals surface area contributed by atoms with Gasteiger partial charge in [0.15, 0.2) is 0 Å². The van der Waals surface area contributed by atoms with Gasteiger partial charge in [0.05, 0.1) is 24.7 Å². The second-order valence-corrected chi connectivity index (χ2v) is 5.87. The molecule has 0 aromatic heterocycles. The van der Waals surface area contributed by atoms with Crippen molar-refractivity contribution < 1.29 is 4.74 Å². The molecule has 1 heterocycles. The van der Waals surface area contributed by atoms with E-state index in [4.69, 9.17) is 4.74 Å². The fraction of sp³-hybridized carbons (Fsp3) is 0.917. The molecule has 2 aliphatic rings. The van der Waals surface area contributed by atoms with Crippen LogP contribution >= 0.6 is 0 Å². The Morgan fingerprint density at radius 2 is 1.79 bits per heavy atom. The summed E-state index contributed by atoms with van der Waals surface area (Å²) in [7, 11) is 0. The first-order valence-corrected chi connectivity index (χ1v) is 5.47. The molecule has 0 bridgehead atoms. The van der Waals surface area contributed by atoms with Gasteiger partial charge in [-0.25, -0.2) is 0 Å². The van der Waals surface area contributed by atoms with Gasteiger partial charge in [0.25, 0.3) is 0 Å². The van der Waals surface area contributed by atoms with E-state index in [0.29, 0.717) is 0 Å². The standard InChI is InChI=1S/C12H19NO/c1-10(2,3)12(8-14-9-12)11(7-13)5-4-6-11/h4-6,8-9H2,1-3H3. The molecule has 0 N–H and O–H groups in total. The van der Waals surface area contributed by atoms with Crippen LogP contribution in [0.1, 0.15) is 40.0 Å². The largest absolute Gasteiger partial charge is 0.380 e. The van der Waals surface area contributed by atoms with Crippen LogP contribution in [-0.2, 0) is 4.74 Å².